The molecule has 5 heteroatoms. The summed E-state index contributed by atoms with van der Waals surface area (Å²) in [4.78, 5) is 11.3. The minimum absolute atomic E-state index is 0.0975. The van der Waals surface area contributed by atoms with Crippen LogP contribution in [0, 0.1) is 11.3 Å². The predicted molar refractivity (Wildman–Crippen MR) is 57.3 cm³/mol. The number of nitriles is 1. The summed E-state index contributed by atoms with van der Waals surface area (Å²) in [6.07, 6.45) is -2.75. The Labute approximate surface area is 97.6 Å². The highest BCUT2D eigenvalue weighted by molar-refractivity contribution is 5.97. The summed E-state index contributed by atoms with van der Waals surface area (Å²) in [5.74, 6) is -0.555. The van der Waals surface area contributed by atoms with Gasteiger partial charge in [0, 0.05) is 5.56 Å². The highest BCUT2D eigenvalue weighted by Crippen LogP contribution is 2.34. The molecular formula is C12H11F2NO2. The molecule has 0 fully saturated rings. The van der Waals surface area contributed by atoms with Crippen LogP contribution in [-0.4, -0.2) is 12.4 Å². The Hall–Kier alpha value is -1.96. The zero-order valence-electron chi connectivity index (χ0n) is 9.46. The lowest BCUT2D eigenvalue weighted by molar-refractivity contribution is 0.101. The number of Topliss-reactive ketones (excluding diaryl/α,β-unsaturated/α-hetero) is 1. The Kier molecular flexibility index (Phi) is 4.16. The summed E-state index contributed by atoms with van der Waals surface area (Å²) in [6.45, 7) is 3.04. The van der Waals surface area contributed by atoms with Crippen molar-refractivity contribution in [3.05, 3.63) is 28.8 Å². The van der Waals surface area contributed by atoms with Crippen molar-refractivity contribution in [1.82, 2.24) is 0 Å². The van der Waals surface area contributed by atoms with Gasteiger partial charge in [0.1, 0.15) is 17.4 Å². The largest absolute Gasteiger partial charge is 0.492 e. The molecule has 0 bridgehead atoms. The van der Waals surface area contributed by atoms with E-state index >= 15 is 0 Å². The van der Waals surface area contributed by atoms with Gasteiger partial charge in [0.25, 0.3) is 6.43 Å². The molecule has 1 aromatic rings. The molecule has 0 amide bonds. The Morgan fingerprint density at radius 2 is 2.18 bits per heavy atom. The lowest BCUT2D eigenvalue weighted by Crippen LogP contribution is -2.05. The Morgan fingerprint density at radius 3 is 2.59 bits per heavy atom. The average Bonchev–Trinajstić information content (AvgIpc) is 2.28. The molecule has 0 unspecified atom stereocenters. The van der Waals surface area contributed by atoms with E-state index in [2.05, 4.69) is 0 Å². The smallest absolute Gasteiger partial charge is 0.267 e. The zero-order valence-corrected chi connectivity index (χ0v) is 9.46. The Morgan fingerprint density at radius 1 is 1.53 bits per heavy atom. The van der Waals surface area contributed by atoms with Gasteiger partial charge in [-0.25, -0.2) is 8.78 Å². The highest BCUT2D eigenvalue weighted by atomic mass is 19.3. The number of ketones is 1. The van der Waals surface area contributed by atoms with Crippen molar-refractivity contribution in [3.8, 4) is 11.8 Å². The molecule has 90 valence electrons. The first-order valence-electron chi connectivity index (χ1n) is 5.01. The molecule has 1 rings (SSSR count). The van der Waals surface area contributed by atoms with E-state index < -0.39 is 6.43 Å². The second kappa shape index (κ2) is 5.39. The van der Waals surface area contributed by atoms with Crippen molar-refractivity contribution in [2.45, 2.75) is 20.3 Å². The zero-order chi connectivity index (χ0) is 13.0. The first kappa shape index (κ1) is 13.1. The molecular weight excluding hydrogens is 228 g/mol. The third kappa shape index (κ3) is 2.59. The quantitative estimate of drug-likeness (QED) is 0.758. The van der Waals surface area contributed by atoms with E-state index in [-0.39, 0.29) is 34.8 Å². The van der Waals surface area contributed by atoms with Crippen molar-refractivity contribution in [3.63, 3.8) is 0 Å². The van der Waals surface area contributed by atoms with Crippen LogP contribution in [0.2, 0.25) is 0 Å². The molecule has 0 atom stereocenters. The molecule has 0 N–H and O–H groups in total. The lowest BCUT2D eigenvalue weighted by atomic mass is 10.0. The number of ether oxygens (including phenoxy) is 1. The van der Waals surface area contributed by atoms with Gasteiger partial charge in [0.05, 0.1) is 12.2 Å². The summed E-state index contributed by atoms with van der Waals surface area (Å²) in [5.41, 5.74) is -0.397. The van der Waals surface area contributed by atoms with Crippen LogP contribution in [0.3, 0.4) is 0 Å². The molecule has 0 spiro atoms. The number of alkyl halides is 2. The maximum atomic E-state index is 12.7. The van der Waals surface area contributed by atoms with Crippen LogP contribution in [0.1, 0.15) is 41.8 Å². The van der Waals surface area contributed by atoms with E-state index in [9.17, 15) is 13.6 Å². The van der Waals surface area contributed by atoms with E-state index in [1.165, 1.54) is 13.0 Å². The van der Waals surface area contributed by atoms with Gasteiger partial charge >= 0.3 is 0 Å². The van der Waals surface area contributed by atoms with Gasteiger partial charge in [-0.2, -0.15) is 5.26 Å². The van der Waals surface area contributed by atoms with Crippen LogP contribution < -0.4 is 4.74 Å². The number of nitrogens with zero attached hydrogens (tertiary/aromatic N) is 1. The van der Waals surface area contributed by atoms with Crippen molar-refractivity contribution in [2.75, 3.05) is 6.61 Å². The number of hydrogen-bond acceptors (Lipinski definition) is 3. The third-order valence-corrected chi connectivity index (χ3v) is 2.20. The van der Waals surface area contributed by atoms with E-state index in [1.807, 2.05) is 0 Å². The molecule has 0 aliphatic heterocycles. The van der Waals surface area contributed by atoms with Crippen molar-refractivity contribution < 1.29 is 18.3 Å². The fraction of sp³-hybridized carbons (Fsp3) is 0.333. The first-order valence-corrected chi connectivity index (χ1v) is 5.01. The molecule has 1 aromatic carbocycles. The number of benzene rings is 1. The summed E-state index contributed by atoms with van der Waals surface area (Å²) in [7, 11) is 0. The van der Waals surface area contributed by atoms with Gasteiger partial charge in [-0.15, -0.1) is 0 Å². The molecule has 0 radical (unpaired) electrons. The van der Waals surface area contributed by atoms with Gasteiger partial charge in [-0.3, -0.25) is 4.79 Å². The van der Waals surface area contributed by atoms with Gasteiger partial charge in [-0.05, 0) is 26.0 Å². The van der Waals surface area contributed by atoms with Gasteiger partial charge in [-0.1, -0.05) is 0 Å². The lowest BCUT2D eigenvalue weighted by Gasteiger charge is -2.13. The molecule has 17 heavy (non-hydrogen) atoms. The number of rotatable bonds is 4. The van der Waals surface area contributed by atoms with Crippen LogP contribution in [0.15, 0.2) is 12.1 Å². The van der Waals surface area contributed by atoms with Gasteiger partial charge < -0.3 is 4.74 Å². The third-order valence-electron chi connectivity index (χ3n) is 2.20. The summed E-state index contributed by atoms with van der Waals surface area (Å²) < 4.78 is 30.5. The van der Waals surface area contributed by atoms with Gasteiger partial charge in [0.2, 0.25) is 0 Å². The monoisotopic (exact) mass is 239 g/mol. The first-order chi connectivity index (χ1) is 8.02. The van der Waals surface area contributed by atoms with Crippen LogP contribution in [0.25, 0.3) is 0 Å². The molecule has 3 nitrogen and oxygen atoms in total. The van der Waals surface area contributed by atoms with E-state index in [0.29, 0.717) is 0 Å². The summed E-state index contributed by atoms with van der Waals surface area (Å²) in [6, 6.07) is 4.09. The minimum Gasteiger partial charge on any atom is -0.492 e. The fourth-order valence-corrected chi connectivity index (χ4v) is 1.47. The summed E-state index contributed by atoms with van der Waals surface area (Å²) in [5, 5.41) is 8.95. The predicted octanol–water partition coefficient (Wildman–Crippen LogP) is 3.10. The van der Waals surface area contributed by atoms with Crippen molar-refractivity contribution in [2.24, 2.45) is 0 Å². The molecule has 0 saturated carbocycles. The molecule has 0 aliphatic carbocycles. The van der Waals surface area contributed by atoms with Crippen LogP contribution in [-0.2, 0) is 0 Å². The number of hydrogen-bond donors (Lipinski definition) is 0. The molecule has 0 saturated heterocycles. The van der Waals surface area contributed by atoms with Crippen LogP contribution in [0.5, 0.6) is 5.75 Å². The number of halogens is 2. The topological polar surface area (TPSA) is 50.1 Å². The fourth-order valence-electron chi connectivity index (χ4n) is 1.47. The van der Waals surface area contributed by atoms with Crippen molar-refractivity contribution >= 4 is 5.78 Å². The molecule has 0 aromatic heterocycles. The van der Waals surface area contributed by atoms with E-state index in [0.717, 1.165) is 6.07 Å². The van der Waals surface area contributed by atoms with Crippen molar-refractivity contribution in [1.29, 1.82) is 5.26 Å². The Balaban J connectivity index is 3.50. The maximum Gasteiger partial charge on any atom is 0.267 e. The molecule has 0 aliphatic rings. The number of carbonyl (C=O) groups is 1. The van der Waals surface area contributed by atoms with E-state index in [4.69, 9.17) is 10.00 Å². The average molecular weight is 239 g/mol. The normalized spacial score (nSPS) is 10.1. The summed E-state index contributed by atoms with van der Waals surface area (Å²) >= 11 is 0. The van der Waals surface area contributed by atoms with Crippen LogP contribution >= 0.6 is 0 Å². The maximum absolute atomic E-state index is 12.7. The highest BCUT2D eigenvalue weighted by Gasteiger charge is 2.21. The standard InChI is InChI=1S/C12H11F2NO2/c1-3-17-11-9(12(13)14)5-4-8(7(2)16)10(11)6-15/h4-5,12H,3H2,1-2H3. The van der Waals surface area contributed by atoms with E-state index in [1.54, 1.807) is 13.0 Å². The second-order valence-corrected chi connectivity index (χ2v) is 3.31. The Bertz CT molecular complexity index is 478. The second-order valence-electron chi connectivity index (χ2n) is 3.31. The molecule has 0 heterocycles. The van der Waals surface area contributed by atoms with Gasteiger partial charge in [0.15, 0.2) is 5.78 Å². The SMILES string of the molecule is CCOc1c(C(F)F)ccc(C(C)=O)c1C#N. The van der Waals surface area contributed by atoms with Crippen LogP contribution in [0.4, 0.5) is 8.78 Å². The minimum atomic E-state index is -2.75. The number of carbonyl (C=O) groups excluding carboxylic acids is 1.